The number of quaternary nitrogens is 1. The van der Waals surface area contributed by atoms with E-state index in [4.69, 9.17) is 4.74 Å². The van der Waals surface area contributed by atoms with Gasteiger partial charge in [0.25, 0.3) is 17.1 Å². The fourth-order valence-electron chi connectivity index (χ4n) is 4.90. The SMILES string of the molecule is COc1ccc2c([nH]1)[n+]1cncc1c(=O)n2CCC[NH+]1CCC(c2ccccc2)CC1.[Cl-].[Cl-]. The lowest BCUT2D eigenvalue weighted by molar-refractivity contribution is -0.905. The molecular weight excluding hydrogens is 461 g/mol. The molecule has 9 heteroatoms. The average molecular weight is 490 g/mol. The second-order valence-electron chi connectivity index (χ2n) is 8.40. The molecule has 1 aliphatic heterocycles. The summed E-state index contributed by atoms with van der Waals surface area (Å²) in [6.07, 6.45) is 6.74. The number of pyridine rings is 1. The summed E-state index contributed by atoms with van der Waals surface area (Å²) < 4.78 is 9.01. The first-order valence-corrected chi connectivity index (χ1v) is 11.1. The zero-order valence-corrected chi connectivity index (χ0v) is 20.1. The fraction of sp³-hybridized carbons (Fsp3) is 0.375. The average Bonchev–Trinajstić information content (AvgIpc) is 3.32. The van der Waals surface area contributed by atoms with Gasteiger partial charge >= 0.3 is 0 Å². The molecule has 1 saturated heterocycles. The molecular formula is C24H29Cl2N5O2. The molecule has 0 spiro atoms. The van der Waals surface area contributed by atoms with Crippen LogP contribution < -0.4 is 44.4 Å². The van der Waals surface area contributed by atoms with Crippen molar-refractivity contribution in [3.05, 3.63) is 70.9 Å². The number of nitrogens with one attached hydrogen (secondary N) is 2. The number of aryl methyl sites for hydroxylation is 1. The highest BCUT2D eigenvalue weighted by atomic mass is 35.5. The van der Waals surface area contributed by atoms with E-state index in [1.54, 1.807) is 28.9 Å². The number of H-pyrrole nitrogens is 1. The molecule has 0 amide bonds. The summed E-state index contributed by atoms with van der Waals surface area (Å²) in [5.41, 5.74) is 3.74. The number of ether oxygens (including phenoxy) is 1. The number of halogens is 2. The van der Waals surface area contributed by atoms with Crippen LogP contribution in [0.15, 0.2) is 59.8 Å². The molecule has 33 heavy (non-hydrogen) atoms. The van der Waals surface area contributed by atoms with Gasteiger partial charge in [0.05, 0.1) is 26.7 Å². The van der Waals surface area contributed by atoms with Crippen molar-refractivity contribution >= 4 is 16.7 Å². The Kier molecular flexibility index (Phi) is 8.35. The predicted octanol–water partition coefficient (Wildman–Crippen LogP) is -4.67. The van der Waals surface area contributed by atoms with Crippen LogP contribution in [0.3, 0.4) is 0 Å². The molecule has 1 aliphatic rings. The number of benzene rings is 1. The van der Waals surface area contributed by atoms with E-state index in [1.807, 2.05) is 16.7 Å². The third-order valence-corrected chi connectivity index (χ3v) is 6.61. The minimum Gasteiger partial charge on any atom is -1.00 e. The molecule has 0 saturated carbocycles. The third-order valence-electron chi connectivity index (χ3n) is 6.61. The minimum absolute atomic E-state index is 0. The van der Waals surface area contributed by atoms with E-state index < -0.39 is 0 Å². The van der Waals surface area contributed by atoms with Crippen LogP contribution in [0.25, 0.3) is 16.7 Å². The quantitative estimate of drug-likeness (QED) is 0.267. The Hall–Kier alpha value is -2.61. The number of imidazole rings is 1. The van der Waals surface area contributed by atoms with Crippen LogP contribution in [0.4, 0.5) is 0 Å². The number of likely N-dealkylation sites (tertiary alicyclic amines) is 1. The van der Waals surface area contributed by atoms with Crippen LogP contribution in [0.2, 0.25) is 0 Å². The molecule has 2 N–H and O–H groups in total. The Labute approximate surface area is 205 Å². The highest BCUT2D eigenvalue weighted by Gasteiger charge is 2.23. The first-order chi connectivity index (χ1) is 15.2. The second kappa shape index (κ2) is 11.0. The number of hydrogen-bond acceptors (Lipinski definition) is 3. The molecule has 0 unspecified atom stereocenters. The number of piperidine rings is 1. The highest BCUT2D eigenvalue weighted by molar-refractivity contribution is 5.69. The fourth-order valence-corrected chi connectivity index (χ4v) is 4.90. The van der Waals surface area contributed by atoms with Crippen LogP contribution in [-0.2, 0) is 6.54 Å². The molecule has 0 atom stereocenters. The van der Waals surface area contributed by atoms with Crippen molar-refractivity contribution in [2.45, 2.75) is 31.7 Å². The minimum atomic E-state index is 0. The number of aromatic amines is 1. The Morgan fingerprint density at radius 2 is 1.91 bits per heavy atom. The molecule has 7 nitrogen and oxygen atoms in total. The van der Waals surface area contributed by atoms with Gasteiger partial charge < -0.3 is 34.5 Å². The Bertz CT molecular complexity index is 1250. The molecule has 1 fully saturated rings. The van der Waals surface area contributed by atoms with Gasteiger partial charge in [-0.3, -0.25) is 9.36 Å². The zero-order chi connectivity index (χ0) is 21.2. The van der Waals surface area contributed by atoms with Crippen LogP contribution in [0.5, 0.6) is 5.88 Å². The molecule has 176 valence electrons. The van der Waals surface area contributed by atoms with E-state index in [2.05, 4.69) is 40.3 Å². The van der Waals surface area contributed by atoms with Gasteiger partial charge in [-0.05, 0) is 17.5 Å². The van der Waals surface area contributed by atoms with Crippen molar-refractivity contribution < 1.29 is 38.9 Å². The van der Waals surface area contributed by atoms with Gasteiger partial charge in [0.15, 0.2) is 0 Å². The lowest BCUT2D eigenvalue weighted by Crippen LogP contribution is -3.13. The standard InChI is InChI=1S/C24H27N5O2.2ClH/c1-31-22-9-8-20-23(26-22)29-17-25-16-21(29)24(30)28(20)13-5-12-27-14-10-19(11-15-27)18-6-3-2-4-7-18;;/h2-4,6-9,16-17,19H,5,10-15H2,1H3;2*1H. The van der Waals surface area contributed by atoms with Crippen LogP contribution in [-0.4, -0.2) is 41.3 Å². The maximum atomic E-state index is 13.1. The number of methoxy groups -OCH3 is 1. The molecule has 4 aromatic rings. The van der Waals surface area contributed by atoms with Gasteiger partial charge in [-0.2, -0.15) is 4.40 Å². The number of fused-ring (bicyclic) bond motifs is 3. The summed E-state index contributed by atoms with van der Waals surface area (Å²) in [5, 5.41) is 0. The summed E-state index contributed by atoms with van der Waals surface area (Å²) >= 11 is 0. The van der Waals surface area contributed by atoms with Gasteiger partial charge in [0.1, 0.15) is 11.7 Å². The smallest absolute Gasteiger partial charge is 0.294 e. The summed E-state index contributed by atoms with van der Waals surface area (Å²) in [7, 11) is 1.63. The van der Waals surface area contributed by atoms with Gasteiger partial charge in [-0.15, -0.1) is 4.98 Å². The number of rotatable bonds is 6. The van der Waals surface area contributed by atoms with Crippen molar-refractivity contribution in [3.8, 4) is 5.88 Å². The van der Waals surface area contributed by atoms with Crippen LogP contribution in [0, 0.1) is 0 Å². The van der Waals surface area contributed by atoms with E-state index in [1.165, 1.54) is 31.5 Å². The Morgan fingerprint density at radius 3 is 2.64 bits per heavy atom. The van der Waals surface area contributed by atoms with Crippen LogP contribution >= 0.6 is 0 Å². The summed E-state index contributed by atoms with van der Waals surface area (Å²) in [4.78, 5) is 22.2. The van der Waals surface area contributed by atoms with E-state index in [9.17, 15) is 4.79 Å². The predicted molar refractivity (Wildman–Crippen MR) is 119 cm³/mol. The Morgan fingerprint density at radius 1 is 1.15 bits per heavy atom. The topological polar surface area (TPSA) is 68.4 Å². The number of nitrogens with zero attached hydrogens (tertiary/aromatic N) is 3. The second-order valence-corrected chi connectivity index (χ2v) is 8.40. The summed E-state index contributed by atoms with van der Waals surface area (Å²) in [6, 6.07) is 14.7. The van der Waals surface area contributed by atoms with Gasteiger partial charge in [-0.25, -0.2) is 4.98 Å². The normalized spacial score (nSPS) is 18.0. The van der Waals surface area contributed by atoms with Gasteiger partial charge in [-0.1, -0.05) is 30.3 Å². The molecule has 4 heterocycles. The maximum Gasteiger partial charge on any atom is 0.294 e. The summed E-state index contributed by atoms with van der Waals surface area (Å²) in [5.74, 6) is 1.34. The molecule has 0 radical (unpaired) electrons. The molecule has 5 rings (SSSR count). The monoisotopic (exact) mass is 489 g/mol. The van der Waals surface area contributed by atoms with Crippen molar-refractivity contribution in [3.63, 3.8) is 0 Å². The molecule has 0 aliphatic carbocycles. The van der Waals surface area contributed by atoms with Crippen molar-refractivity contribution in [2.75, 3.05) is 26.7 Å². The highest BCUT2D eigenvalue weighted by Crippen LogP contribution is 2.23. The van der Waals surface area contributed by atoms with E-state index in [0.29, 0.717) is 23.9 Å². The van der Waals surface area contributed by atoms with Crippen LogP contribution in [0.1, 0.15) is 30.7 Å². The number of aromatic nitrogens is 4. The summed E-state index contributed by atoms with van der Waals surface area (Å²) in [6.45, 7) is 4.17. The lowest BCUT2D eigenvalue weighted by Gasteiger charge is -2.29. The van der Waals surface area contributed by atoms with Crippen molar-refractivity contribution in [1.29, 1.82) is 0 Å². The molecule has 3 aromatic heterocycles. The first kappa shape index (κ1) is 25.0. The molecule has 0 bridgehead atoms. The van der Waals surface area contributed by atoms with Crippen molar-refractivity contribution in [2.24, 2.45) is 0 Å². The van der Waals surface area contributed by atoms with E-state index in [0.717, 1.165) is 24.1 Å². The zero-order valence-electron chi connectivity index (χ0n) is 18.6. The van der Waals surface area contributed by atoms with Gasteiger partial charge in [0, 0.05) is 31.9 Å². The Balaban J connectivity index is 0.00000153. The maximum absolute atomic E-state index is 13.1. The molecule has 1 aromatic carbocycles. The largest absolute Gasteiger partial charge is 1.00 e. The van der Waals surface area contributed by atoms with E-state index in [-0.39, 0.29) is 30.4 Å². The van der Waals surface area contributed by atoms with E-state index >= 15 is 0 Å². The first-order valence-electron chi connectivity index (χ1n) is 11.1. The number of hydrogen-bond donors (Lipinski definition) is 2. The van der Waals surface area contributed by atoms with Gasteiger partial charge in [0.2, 0.25) is 11.8 Å². The third kappa shape index (κ3) is 5.00. The lowest BCUT2D eigenvalue weighted by atomic mass is 9.89. The van der Waals surface area contributed by atoms with Crippen molar-refractivity contribution in [1.82, 2.24) is 14.5 Å².